The minimum absolute atomic E-state index is 0. The molecule has 0 saturated heterocycles. The van der Waals surface area contributed by atoms with Crippen molar-refractivity contribution < 1.29 is 0 Å². The van der Waals surface area contributed by atoms with E-state index in [1.54, 1.807) is 6.07 Å². The fraction of sp³-hybridized carbons (Fsp3) is 0.300. The average Bonchev–Trinajstić information content (AvgIpc) is 2.17. The van der Waals surface area contributed by atoms with E-state index in [0.29, 0.717) is 5.56 Å². The molecule has 0 aliphatic rings. The lowest BCUT2D eigenvalue weighted by molar-refractivity contribution is 0.698. The van der Waals surface area contributed by atoms with Crippen LogP contribution in [0.15, 0.2) is 24.3 Å². The van der Waals surface area contributed by atoms with Crippen molar-refractivity contribution in [3.63, 3.8) is 0 Å². The molecule has 70 valence electrons. The molecule has 0 spiro atoms. The highest BCUT2D eigenvalue weighted by Gasteiger charge is 2.02. The maximum atomic E-state index is 8.63. The molecule has 0 aliphatic heterocycles. The SMILES string of the molecule is CC[C@@H](N)c1cccc(C#N)c1.Cl. The molecule has 0 unspecified atom stereocenters. The second-order valence-corrected chi connectivity index (χ2v) is 2.75. The van der Waals surface area contributed by atoms with Gasteiger partial charge in [0.2, 0.25) is 0 Å². The molecule has 13 heavy (non-hydrogen) atoms. The molecule has 0 heterocycles. The van der Waals surface area contributed by atoms with E-state index in [1.165, 1.54) is 0 Å². The van der Waals surface area contributed by atoms with Gasteiger partial charge in [0.25, 0.3) is 0 Å². The van der Waals surface area contributed by atoms with Gasteiger partial charge in [0, 0.05) is 6.04 Å². The van der Waals surface area contributed by atoms with Gasteiger partial charge in [-0.15, -0.1) is 12.4 Å². The molecule has 0 aliphatic carbocycles. The Labute approximate surface area is 84.8 Å². The maximum absolute atomic E-state index is 8.63. The number of rotatable bonds is 2. The lowest BCUT2D eigenvalue weighted by Gasteiger charge is -2.08. The summed E-state index contributed by atoms with van der Waals surface area (Å²) >= 11 is 0. The molecule has 1 aromatic carbocycles. The summed E-state index contributed by atoms with van der Waals surface area (Å²) in [6.45, 7) is 2.03. The first-order valence-electron chi connectivity index (χ1n) is 4.03. The third kappa shape index (κ3) is 3.06. The molecule has 1 aromatic rings. The average molecular weight is 197 g/mol. The molecule has 0 bridgehead atoms. The zero-order valence-corrected chi connectivity index (χ0v) is 8.34. The summed E-state index contributed by atoms with van der Waals surface area (Å²) in [6, 6.07) is 9.59. The molecule has 0 aromatic heterocycles. The van der Waals surface area contributed by atoms with Gasteiger partial charge in [0.1, 0.15) is 0 Å². The van der Waals surface area contributed by atoms with E-state index >= 15 is 0 Å². The standard InChI is InChI=1S/C10H12N2.ClH/c1-2-10(12)9-5-3-4-8(6-9)7-11;/h3-6,10H,2,12H2,1H3;1H/t10-;/m1./s1. The molecule has 0 amide bonds. The smallest absolute Gasteiger partial charge is 0.0991 e. The van der Waals surface area contributed by atoms with E-state index in [0.717, 1.165) is 12.0 Å². The Bertz CT molecular complexity index is 304. The fourth-order valence-corrected chi connectivity index (χ4v) is 1.07. The zero-order valence-electron chi connectivity index (χ0n) is 7.53. The summed E-state index contributed by atoms with van der Waals surface area (Å²) in [7, 11) is 0. The number of nitrogens with zero attached hydrogens (tertiary/aromatic N) is 1. The van der Waals surface area contributed by atoms with Gasteiger partial charge in [-0.1, -0.05) is 19.1 Å². The quantitative estimate of drug-likeness (QED) is 0.790. The summed E-state index contributed by atoms with van der Waals surface area (Å²) < 4.78 is 0. The monoisotopic (exact) mass is 196 g/mol. The van der Waals surface area contributed by atoms with Gasteiger partial charge in [0.05, 0.1) is 11.6 Å². The van der Waals surface area contributed by atoms with Crippen molar-refractivity contribution in [3.8, 4) is 6.07 Å². The van der Waals surface area contributed by atoms with Crippen molar-refractivity contribution in [2.45, 2.75) is 19.4 Å². The van der Waals surface area contributed by atoms with Crippen molar-refractivity contribution in [2.75, 3.05) is 0 Å². The Morgan fingerprint density at radius 2 is 2.23 bits per heavy atom. The van der Waals surface area contributed by atoms with Gasteiger partial charge in [-0.25, -0.2) is 0 Å². The van der Waals surface area contributed by atoms with Crippen LogP contribution in [-0.4, -0.2) is 0 Å². The van der Waals surface area contributed by atoms with E-state index in [2.05, 4.69) is 6.07 Å². The molecule has 2 nitrogen and oxygen atoms in total. The normalized spacial score (nSPS) is 11.2. The van der Waals surface area contributed by atoms with Crippen LogP contribution in [0.3, 0.4) is 0 Å². The van der Waals surface area contributed by atoms with Crippen LogP contribution in [0.1, 0.15) is 30.5 Å². The number of nitriles is 1. The second kappa shape index (κ2) is 5.58. The van der Waals surface area contributed by atoms with Crippen LogP contribution in [0.2, 0.25) is 0 Å². The highest BCUT2D eigenvalue weighted by molar-refractivity contribution is 5.85. The van der Waals surface area contributed by atoms with Gasteiger partial charge < -0.3 is 5.73 Å². The predicted molar refractivity (Wildman–Crippen MR) is 55.6 cm³/mol. The molecule has 3 heteroatoms. The van der Waals surface area contributed by atoms with Crippen LogP contribution in [0.4, 0.5) is 0 Å². The number of halogens is 1. The first-order valence-corrected chi connectivity index (χ1v) is 4.03. The number of hydrogen-bond acceptors (Lipinski definition) is 2. The van der Waals surface area contributed by atoms with Crippen LogP contribution >= 0.6 is 12.4 Å². The first kappa shape index (κ1) is 12.0. The van der Waals surface area contributed by atoms with Crippen molar-refractivity contribution in [1.82, 2.24) is 0 Å². The molecule has 2 N–H and O–H groups in total. The van der Waals surface area contributed by atoms with Crippen molar-refractivity contribution in [1.29, 1.82) is 5.26 Å². The third-order valence-corrected chi connectivity index (χ3v) is 1.88. The molecule has 0 fully saturated rings. The van der Waals surface area contributed by atoms with Crippen LogP contribution in [0.25, 0.3) is 0 Å². The Morgan fingerprint density at radius 1 is 1.54 bits per heavy atom. The van der Waals surface area contributed by atoms with Crippen LogP contribution in [-0.2, 0) is 0 Å². The Kier molecular flexibility index (Phi) is 5.13. The minimum atomic E-state index is 0. The number of benzene rings is 1. The van der Waals surface area contributed by atoms with Gasteiger partial charge in [0.15, 0.2) is 0 Å². The van der Waals surface area contributed by atoms with Gasteiger partial charge in [-0.3, -0.25) is 0 Å². The summed E-state index contributed by atoms with van der Waals surface area (Å²) in [5.74, 6) is 0. The van der Waals surface area contributed by atoms with Crippen molar-refractivity contribution in [2.24, 2.45) is 5.73 Å². The summed E-state index contributed by atoms with van der Waals surface area (Å²) in [4.78, 5) is 0. The minimum Gasteiger partial charge on any atom is -0.324 e. The van der Waals surface area contributed by atoms with E-state index in [1.807, 2.05) is 25.1 Å². The summed E-state index contributed by atoms with van der Waals surface area (Å²) in [6.07, 6.45) is 0.898. The Hall–Kier alpha value is -1.04. The topological polar surface area (TPSA) is 49.8 Å². The summed E-state index contributed by atoms with van der Waals surface area (Å²) in [5, 5.41) is 8.63. The summed E-state index contributed by atoms with van der Waals surface area (Å²) in [5.41, 5.74) is 7.52. The fourth-order valence-electron chi connectivity index (χ4n) is 1.07. The molecular weight excluding hydrogens is 184 g/mol. The van der Waals surface area contributed by atoms with E-state index in [4.69, 9.17) is 11.0 Å². The van der Waals surface area contributed by atoms with Crippen molar-refractivity contribution >= 4 is 12.4 Å². The van der Waals surface area contributed by atoms with E-state index < -0.39 is 0 Å². The van der Waals surface area contributed by atoms with Gasteiger partial charge in [-0.2, -0.15) is 5.26 Å². The Balaban J connectivity index is 0.00000144. The van der Waals surface area contributed by atoms with Crippen molar-refractivity contribution in [3.05, 3.63) is 35.4 Å². The van der Waals surface area contributed by atoms with Gasteiger partial charge >= 0.3 is 0 Å². The van der Waals surface area contributed by atoms with Crippen LogP contribution in [0, 0.1) is 11.3 Å². The lowest BCUT2D eigenvalue weighted by Crippen LogP contribution is -2.08. The molecule has 1 rings (SSSR count). The predicted octanol–water partition coefficient (Wildman–Crippen LogP) is 2.39. The molecule has 1 atom stereocenters. The second-order valence-electron chi connectivity index (χ2n) is 2.75. The largest absolute Gasteiger partial charge is 0.324 e. The lowest BCUT2D eigenvalue weighted by atomic mass is 10.0. The van der Waals surface area contributed by atoms with Crippen LogP contribution in [0.5, 0.6) is 0 Å². The number of hydrogen-bond donors (Lipinski definition) is 1. The highest BCUT2D eigenvalue weighted by Crippen LogP contribution is 2.14. The molecule has 0 saturated carbocycles. The van der Waals surface area contributed by atoms with E-state index in [9.17, 15) is 0 Å². The van der Waals surface area contributed by atoms with E-state index in [-0.39, 0.29) is 18.4 Å². The maximum Gasteiger partial charge on any atom is 0.0991 e. The van der Waals surface area contributed by atoms with Gasteiger partial charge in [-0.05, 0) is 24.1 Å². The molecule has 0 radical (unpaired) electrons. The highest BCUT2D eigenvalue weighted by atomic mass is 35.5. The first-order chi connectivity index (χ1) is 5.77. The van der Waals surface area contributed by atoms with Crippen LogP contribution < -0.4 is 5.73 Å². The number of nitrogens with two attached hydrogens (primary N) is 1. The zero-order chi connectivity index (χ0) is 8.97. The molecular formula is C10H13ClN2. The third-order valence-electron chi connectivity index (χ3n) is 1.88. The Morgan fingerprint density at radius 3 is 2.77 bits per heavy atom.